The van der Waals surface area contributed by atoms with E-state index in [0.717, 1.165) is 11.3 Å². The minimum Gasteiger partial charge on any atom is -0.388 e. The Bertz CT molecular complexity index is 367. The van der Waals surface area contributed by atoms with Crippen LogP contribution in [0.25, 0.3) is 0 Å². The number of hydrogen-bond acceptors (Lipinski definition) is 5. The SMILES string of the molecule is Cc1ccc(NC2OCC(O)C(O)C2O)cc1. The second-order valence-electron chi connectivity index (χ2n) is 4.31. The predicted molar refractivity (Wildman–Crippen MR) is 62.6 cm³/mol. The number of aliphatic hydroxyl groups is 3. The second-order valence-corrected chi connectivity index (χ2v) is 4.31. The topological polar surface area (TPSA) is 82.0 Å². The Hall–Kier alpha value is -1.14. The first-order valence-electron chi connectivity index (χ1n) is 5.57. The minimum atomic E-state index is -1.19. The van der Waals surface area contributed by atoms with Crippen LogP contribution >= 0.6 is 0 Å². The van der Waals surface area contributed by atoms with E-state index in [1.807, 2.05) is 31.2 Å². The summed E-state index contributed by atoms with van der Waals surface area (Å²) < 4.78 is 5.24. The van der Waals surface area contributed by atoms with Crippen molar-refractivity contribution >= 4 is 5.69 Å². The molecule has 1 aromatic carbocycles. The highest BCUT2D eigenvalue weighted by Gasteiger charge is 2.37. The zero-order chi connectivity index (χ0) is 12.4. The molecule has 2 rings (SSSR count). The maximum atomic E-state index is 9.73. The molecule has 0 bridgehead atoms. The van der Waals surface area contributed by atoms with E-state index in [2.05, 4.69) is 5.32 Å². The van der Waals surface area contributed by atoms with Crippen LogP contribution in [0.5, 0.6) is 0 Å². The van der Waals surface area contributed by atoms with E-state index in [9.17, 15) is 15.3 Å². The lowest BCUT2D eigenvalue weighted by molar-refractivity contribution is -0.178. The fourth-order valence-corrected chi connectivity index (χ4v) is 1.75. The molecule has 1 aliphatic heterocycles. The highest BCUT2D eigenvalue weighted by atomic mass is 16.5. The Morgan fingerprint density at radius 3 is 2.41 bits per heavy atom. The van der Waals surface area contributed by atoms with Crippen molar-refractivity contribution in [3.63, 3.8) is 0 Å². The van der Waals surface area contributed by atoms with Crippen molar-refractivity contribution in [3.05, 3.63) is 29.8 Å². The zero-order valence-electron chi connectivity index (χ0n) is 9.58. The maximum absolute atomic E-state index is 9.73. The molecule has 0 saturated carbocycles. The Balaban J connectivity index is 2.01. The molecule has 0 aromatic heterocycles. The van der Waals surface area contributed by atoms with Gasteiger partial charge in [-0.1, -0.05) is 17.7 Å². The van der Waals surface area contributed by atoms with Crippen LogP contribution in [-0.2, 0) is 4.74 Å². The van der Waals surface area contributed by atoms with Gasteiger partial charge >= 0.3 is 0 Å². The van der Waals surface area contributed by atoms with Crippen LogP contribution < -0.4 is 5.32 Å². The molecule has 0 radical (unpaired) electrons. The fourth-order valence-electron chi connectivity index (χ4n) is 1.75. The van der Waals surface area contributed by atoms with E-state index in [0.29, 0.717) is 0 Å². The lowest BCUT2D eigenvalue weighted by Crippen LogP contribution is -2.55. The third-order valence-electron chi connectivity index (χ3n) is 2.86. The Morgan fingerprint density at radius 1 is 1.12 bits per heavy atom. The Morgan fingerprint density at radius 2 is 1.76 bits per heavy atom. The number of ether oxygens (including phenoxy) is 1. The average molecular weight is 239 g/mol. The van der Waals surface area contributed by atoms with Gasteiger partial charge in [0.05, 0.1) is 6.61 Å². The van der Waals surface area contributed by atoms with Crippen LogP contribution in [0.1, 0.15) is 5.56 Å². The van der Waals surface area contributed by atoms with Crippen LogP contribution in [0.15, 0.2) is 24.3 Å². The van der Waals surface area contributed by atoms with Crippen LogP contribution in [0, 0.1) is 6.92 Å². The van der Waals surface area contributed by atoms with E-state index < -0.39 is 24.5 Å². The summed E-state index contributed by atoms with van der Waals surface area (Å²) in [5.41, 5.74) is 1.93. The van der Waals surface area contributed by atoms with Gasteiger partial charge in [-0.05, 0) is 19.1 Å². The summed E-state index contributed by atoms with van der Waals surface area (Å²) in [4.78, 5) is 0. The number of rotatable bonds is 2. The molecule has 4 atom stereocenters. The van der Waals surface area contributed by atoms with Gasteiger partial charge in [-0.3, -0.25) is 0 Å². The molecule has 1 heterocycles. The van der Waals surface area contributed by atoms with Crippen molar-refractivity contribution < 1.29 is 20.1 Å². The highest BCUT2D eigenvalue weighted by molar-refractivity contribution is 5.45. The molecular formula is C12H17NO4. The molecule has 1 aliphatic rings. The van der Waals surface area contributed by atoms with E-state index >= 15 is 0 Å². The summed E-state index contributed by atoms with van der Waals surface area (Å²) in [7, 11) is 0. The van der Waals surface area contributed by atoms with Crippen molar-refractivity contribution in [1.82, 2.24) is 0 Å². The van der Waals surface area contributed by atoms with Gasteiger partial charge < -0.3 is 25.4 Å². The minimum absolute atomic E-state index is 0.00174. The number of hydrogen-bond donors (Lipinski definition) is 4. The summed E-state index contributed by atoms with van der Waals surface area (Å²) in [5, 5.41) is 31.5. The number of aryl methyl sites for hydroxylation is 1. The van der Waals surface area contributed by atoms with Gasteiger partial charge in [0.25, 0.3) is 0 Å². The summed E-state index contributed by atoms with van der Waals surface area (Å²) in [6.45, 7) is 1.98. The standard InChI is InChI=1S/C12H17NO4/c1-7-2-4-8(5-3-7)13-12-11(16)10(15)9(14)6-17-12/h2-5,9-16H,6H2,1H3. The van der Waals surface area contributed by atoms with Crippen LogP contribution in [0.3, 0.4) is 0 Å². The molecule has 0 spiro atoms. The first kappa shape index (κ1) is 12.3. The van der Waals surface area contributed by atoms with Gasteiger partial charge in [-0.2, -0.15) is 0 Å². The molecule has 5 heteroatoms. The molecule has 94 valence electrons. The smallest absolute Gasteiger partial charge is 0.156 e. The van der Waals surface area contributed by atoms with E-state index in [1.54, 1.807) is 0 Å². The van der Waals surface area contributed by atoms with Gasteiger partial charge in [0.2, 0.25) is 0 Å². The molecule has 0 aliphatic carbocycles. The average Bonchev–Trinajstić information content (AvgIpc) is 2.33. The second kappa shape index (κ2) is 5.01. The normalized spacial score (nSPS) is 33.4. The lowest BCUT2D eigenvalue weighted by atomic mass is 10.0. The van der Waals surface area contributed by atoms with E-state index in [4.69, 9.17) is 4.74 Å². The van der Waals surface area contributed by atoms with E-state index in [-0.39, 0.29) is 6.61 Å². The van der Waals surface area contributed by atoms with Gasteiger partial charge in [-0.25, -0.2) is 0 Å². The van der Waals surface area contributed by atoms with Gasteiger partial charge in [-0.15, -0.1) is 0 Å². The molecule has 1 aromatic rings. The third kappa shape index (κ3) is 2.76. The lowest BCUT2D eigenvalue weighted by Gasteiger charge is -2.35. The molecule has 0 amide bonds. The van der Waals surface area contributed by atoms with Crippen molar-refractivity contribution in [2.24, 2.45) is 0 Å². The van der Waals surface area contributed by atoms with Crippen molar-refractivity contribution in [1.29, 1.82) is 0 Å². The molecule has 5 nitrogen and oxygen atoms in total. The van der Waals surface area contributed by atoms with Crippen LogP contribution in [-0.4, -0.2) is 46.5 Å². The van der Waals surface area contributed by atoms with Crippen LogP contribution in [0.2, 0.25) is 0 Å². The summed E-state index contributed by atoms with van der Waals surface area (Å²) in [6, 6.07) is 7.59. The largest absolute Gasteiger partial charge is 0.388 e. The first-order valence-corrected chi connectivity index (χ1v) is 5.57. The molecule has 1 saturated heterocycles. The molecule has 17 heavy (non-hydrogen) atoms. The first-order chi connectivity index (χ1) is 8.08. The molecule has 4 N–H and O–H groups in total. The Kier molecular flexibility index (Phi) is 3.63. The Labute approximate surface area is 99.7 Å². The predicted octanol–water partition coefficient (Wildman–Crippen LogP) is -0.154. The molecule has 4 unspecified atom stereocenters. The molecule has 1 fully saturated rings. The fraction of sp³-hybridized carbons (Fsp3) is 0.500. The monoisotopic (exact) mass is 239 g/mol. The highest BCUT2D eigenvalue weighted by Crippen LogP contribution is 2.18. The van der Waals surface area contributed by atoms with Crippen molar-refractivity contribution in [3.8, 4) is 0 Å². The summed E-state index contributed by atoms with van der Waals surface area (Å²) in [6.07, 6.45) is -4.09. The van der Waals surface area contributed by atoms with Gasteiger partial charge in [0, 0.05) is 5.69 Å². The van der Waals surface area contributed by atoms with Crippen molar-refractivity contribution in [2.75, 3.05) is 11.9 Å². The maximum Gasteiger partial charge on any atom is 0.156 e. The summed E-state index contributed by atoms with van der Waals surface area (Å²) >= 11 is 0. The van der Waals surface area contributed by atoms with Crippen LogP contribution in [0.4, 0.5) is 5.69 Å². The number of anilines is 1. The third-order valence-corrected chi connectivity index (χ3v) is 2.86. The summed E-state index contributed by atoms with van der Waals surface area (Å²) in [5.74, 6) is 0. The number of benzene rings is 1. The molecular weight excluding hydrogens is 222 g/mol. The number of aliphatic hydroxyl groups excluding tert-OH is 3. The quantitative estimate of drug-likeness (QED) is 0.577. The van der Waals surface area contributed by atoms with E-state index in [1.165, 1.54) is 0 Å². The van der Waals surface area contributed by atoms with Crippen molar-refractivity contribution in [2.45, 2.75) is 31.5 Å². The van der Waals surface area contributed by atoms with Gasteiger partial charge in [0.1, 0.15) is 18.3 Å². The van der Waals surface area contributed by atoms with Gasteiger partial charge in [0.15, 0.2) is 6.23 Å². The number of nitrogens with one attached hydrogen (secondary N) is 1. The zero-order valence-corrected chi connectivity index (χ0v) is 9.58.